The van der Waals surface area contributed by atoms with Crippen LogP contribution in [0.4, 0.5) is 0 Å². The van der Waals surface area contributed by atoms with Crippen molar-refractivity contribution in [1.29, 1.82) is 0 Å². The summed E-state index contributed by atoms with van der Waals surface area (Å²) in [4.78, 5) is 0. The van der Waals surface area contributed by atoms with Gasteiger partial charge in [-0.05, 0) is 36.8 Å². The van der Waals surface area contributed by atoms with Gasteiger partial charge in [-0.15, -0.1) is 5.10 Å². The summed E-state index contributed by atoms with van der Waals surface area (Å²) in [5.41, 5.74) is 3.91. The van der Waals surface area contributed by atoms with Gasteiger partial charge in [0.15, 0.2) is 6.23 Å². The van der Waals surface area contributed by atoms with Crippen molar-refractivity contribution in [3.05, 3.63) is 72.1 Å². The van der Waals surface area contributed by atoms with Gasteiger partial charge in [-0.3, -0.25) is 0 Å². The van der Waals surface area contributed by atoms with Crippen molar-refractivity contribution in [3.63, 3.8) is 0 Å². The molecule has 0 radical (unpaired) electrons. The molecule has 1 unspecified atom stereocenters. The second-order valence-electron chi connectivity index (χ2n) is 5.37. The smallest absolute Gasteiger partial charge is 0.194 e. The number of para-hydroxylation sites is 2. The fourth-order valence-electron chi connectivity index (χ4n) is 2.63. The molecule has 23 heavy (non-hydrogen) atoms. The van der Waals surface area contributed by atoms with Crippen LogP contribution in [-0.2, 0) is 0 Å². The maximum Gasteiger partial charge on any atom is 0.194 e. The molecule has 114 valence electrons. The molecule has 2 aromatic carbocycles. The zero-order chi connectivity index (χ0) is 15.8. The average molecular weight is 305 g/mol. The molecule has 6 heteroatoms. The highest BCUT2D eigenvalue weighted by Crippen LogP contribution is 2.22. The van der Waals surface area contributed by atoms with Crippen LogP contribution in [0.5, 0.6) is 0 Å². The van der Waals surface area contributed by atoms with E-state index in [1.165, 1.54) is 4.68 Å². The van der Waals surface area contributed by atoms with E-state index in [-0.39, 0.29) is 0 Å². The van der Waals surface area contributed by atoms with Gasteiger partial charge in [-0.2, -0.15) is 5.10 Å². The van der Waals surface area contributed by atoms with Gasteiger partial charge in [0.25, 0.3) is 0 Å². The lowest BCUT2D eigenvalue weighted by molar-refractivity contribution is 0.129. The van der Waals surface area contributed by atoms with Crippen LogP contribution in [0.25, 0.3) is 16.7 Å². The topological polar surface area (TPSA) is 68.8 Å². The summed E-state index contributed by atoms with van der Waals surface area (Å²) in [7, 11) is 0. The lowest BCUT2D eigenvalue weighted by Crippen LogP contribution is -2.13. The highest BCUT2D eigenvalue weighted by atomic mass is 16.3. The van der Waals surface area contributed by atoms with Crippen molar-refractivity contribution in [3.8, 4) is 5.69 Å². The Morgan fingerprint density at radius 2 is 1.74 bits per heavy atom. The lowest BCUT2D eigenvalue weighted by atomic mass is 10.2. The van der Waals surface area contributed by atoms with Gasteiger partial charge in [-0.1, -0.05) is 35.5 Å². The summed E-state index contributed by atoms with van der Waals surface area (Å²) in [6.45, 7) is 1.92. The third kappa shape index (κ3) is 2.29. The Kier molecular flexibility index (Phi) is 3.17. The first kappa shape index (κ1) is 13.7. The minimum atomic E-state index is -0.979. The van der Waals surface area contributed by atoms with Crippen molar-refractivity contribution >= 4 is 11.0 Å². The third-order valence-corrected chi connectivity index (χ3v) is 3.81. The van der Waals surface area contributed by atoms with E-state index in [4.69, 9.17) is 0 Å². The van der Waals surface area contributed by atoms with Gasteiger partial charge in [0.1, 0.15) is 11.2 Å². The Morgan fingerprint density at radius 1 is 1.00 bits per heavy atom. The monoisotopic (exact) mass is 305 g/mol. The normalized spacial score (nSPS) is 12.6. The van der Waals surface area contributed by atoms with Crippen LogP contribution in [-0.4, -0.2) is 29.9 Å². The molecule has 4 aromatic rings. The first-order valence-electron chi connectivity index (χ1n) is 7.33. The Morgan fingerprint density at radius 3 is 2.57 bits per heavy atom. The lowest BCUT2D eigenvalue weighted by Gasteiger charge is -2.09. The Balaban J connectivity index is 1.77. The van der Waals surface area contributed by atoms with Gasteiger partial charge >= 0.3 is 0 Å². The zero-order valence-electron chi connectivity index (χ0n) is 12.5. The Bertz CT molecular complexity index is 957. The molecular weight excluding hydrogens is 290 g/mol. The Hall–Kier alpha value is -2.99. The zero-order valence-corrected chi connectivity index (χ0v) is 12.5. The second-order valence-corrected chi connectivity index (χ2v) is 5.37. The van der Waals surface area contributed by atoms with Crippen molar-refractivity contribution in [2.75, 3.05) is 0 Å². The molecule has 0 aliphatic carbocycles. The summed E-state index contributed by atoms with van der Waals surface area (Å²) >= 11 is 0. The number of fused-ring (bicyclic) bond motifs is 1. The molecule has 0 spiro atoms. The molecule has 0 aliphatic rings. The predicted molar refractivity (Wildman–Crippen MR) is 86.2 cm³/mol. The number of aryl methyl sites for hydroxylation is 1. The highest BCUT2D eigenvalue weighted by molar-refractivity contribution is 5.74. The maximum absolute atomic E-state index is 10.7. The van der Waals surface area contributed by atoms with Gasteiger partial charge in [0.2, 0.25) is 0 Å². The number of nitrogens with zero attached hydrogens (tertiary/aromatic N) is 5. The number of hydrogen-bond acceptors (Lipinski definition) is 4. The summed E-state index contributed by atoms with van der Waals surface area (Å²) in [6, 6.07) is 17.3. The van der Waals surface area contributed by atoms with Gasteiger partial charge in [0.05, 0.1) is 11.2 Å². The summed E-state index contributed by atoms with van der Waals surface area (Å²) in [6.07, 6.45) is 0.917. The predicted octanol–water partition coefficient (Wildman–Crippen LogP) is 2.46. The van der Waals surface area contributed by atoms with Crippen molar-refractivity contribution < 1.29 is 5.11 Å². The third-order valence-electron chi connectivity index (χ3n) is 3.81. The van der Waals surface area contributed by atoms with Crippen LogP contribution >= 0.6 is 0 Å². The molecule has 0 fully saturated rings. The fourth-order valence-corrected chi connectivity index (χ4v) is 2.63. The van der Waals surface area contributed by atoms with Crippen molar-refractivity contribution in [2.24, 2.45) is 0 Å². The van der Waals surface area contributed by atoms with E-state index in [0.717, 1.165) is 22.3 Å². The second kappa shape index (κ2) is 5.33. The molecule has 2 aromatic heterocycles. The fraction of sp³-hybridized carbons (Fsp3) is 0.118. The van der Waals surface area contributed by atoms with E-state index in [9.17, 15) is 5.11 Å². The largest absolute Gasteiger partial charge is 0.366 e. The van der Waals surface area contributed by atoms with Crippen LogP contribution in [0, 0.1) is 6.92 Å². The number of hydrogen-bond donors (Lipinski definition) is 1. The molecule has 0 aliphatic heterocycles. The van der Waals surface area contributed by atoms with Crippen LogP contribution in [0.2, 0.25) is 0 Å². The molecule has 0 bridgehead atoms. The van der Waals surface area contributed by atoms with Crippen LogP contribution in [0.3, 0.4) is 0 Å². The Labute approximate surface area is 132 Å². The van der Waals surface area contributed by atoms with Crippen molar-refractivity contribution in [1.82, 2.24) is 24.8 Å². The maximum atomic E-state index is 10.7. The molecule has 0 amide bonds. The molecule has 1 N–H and O–H groups in total. The quantitative estimate of drug-likeness (QED) is 0.631. The van der Waals surface area contributed by atoms with E-state index in [0.29, 0.717) is 5.69 Å². The van der Waals surface area contributed by atoms with Gasteiger partial charge in [-0.25, -0.2) is 9.36 Å². The molecular formula is C17H15N5O. The summed E-state index contributed by atoms with van der Waals surface area (Å²) < 4.78 is 3.24. The van der Waals surface area contributed by atoms with Gasteiger partial charge < -0.3 is 5.11 Å². The molecule has 0 saturated carbocycles. The number of aliphatic hydroxyl groups excluding tert-OH is 1. The van der Waals surface area contributed by atoms with E-state index in [1.54, 1.807) is 4.68 Å². The standard InChI is InChI=1S/C17H15N5O/c1-12-11-21(13-7-3-2-4-8-13)19-16(12)17(23)22-15-10-6-5-9-14(15)18-20-22/h2-11,17,23H,1H3. The van der Waals surface area contributed by atoms with E-state index in [1.807, 2.05) is 67.7 Å². The number of rotatable bonds is 3. The summed E-state index contributed by atoms with van der Waals surface area (Å²) in [5, 5.41) is 23.4. The minimum absolute atomic E-state index is 0.560. The van der Waals surface area contributed by atoms with E-state index in [2.05, 4.69) is 15.4 Å². The van der Waals surface area contributed by atoms with Gasteiger partial charge in [0, 0.05) is 6.20 Å². The molecule has 4 rings (SSSR count). The minimum Gasteiger partial charge on any atom is -0.366 e. The molecule has 6 nitrogen and oxygen atoms in total. The number of aliphatic hydroxyl groups is 1. The summed E-state index contributed by atoms with van der Waals surface area (Å²) in [5.74, 6) is 0. The first-order chi connectivity index (χ1) is 11.2. The van der Waals surface area contributed by atoms with Crippen LogP contribution in [0.15, 0.2) is 60.8 Å². The number of aromatic nitrogens is 5. The SMILES string of the molecule is Cc1cn(-c2ccccc2)nc1C(O)n1nnc2ccccc21. The first-order valence-corrected chi connectivity index (χ1v) is 7.33. The van der Waals surface area contributed by atoms with E-state index < -0.39 is 6.23 Å². The molecule has 1 atom stereocenters. The highest BCUT2D eigenvalue weighted by Gasteiger charge is 2.20. The molecule has 2 heterocycles. The average Bonchev–Trinajstić information content (AvgIpc) is 3.19. The van der Waals surface area contributed by atoms with Crippen LogP contribution < -0.4 is 0 Å². The van der Waals surface area contributed by atoms with Crippen LogP contribution in [0.1, 0.15) is 17.5 Å². The van der Waals surface area contributed by atoms with E-state index >= 15 is 0 Å². The van der Waals surface area contributed by atoms with Crippen molar-refractivity contribution in [2.45, 2.75) is 13.2 Å². The molecule has 0 saturated heterocycles. The number of benzene rings is 2.